The first-order chi connectivity index (χ1) is 8.16. The van der Waals surface area contributed by atoms with Gasteiger partial charge in [-0.3, -0.25) is 4.79 Å². The van der Waals surface area contributed by atoms with E-state index >= 15 is 0 Å². The van der Waals surface area contributed by atoms with Crippen LogP contribution < -0.4 is 5.32 Å². The summed E-state index contributed by atoms with van der Waals surface area (Å²) in [6.45, 7) is 0.237. The molecule has 0 bridgehead atoms. The van der Waals surface area contributed by atoms with Crippen LogP contribution in [0.2, 0.25) is 0 Å². The smallest absolute Gasteiger partial charge is 0.254 e. The van der Waals surface area contributed by atoms with Gasteiger partial charge in [-0.15, -0.1) is 0 Å². The summed E-state index contributed by atoms with van der Waals surface area (Å²) < 4.78 is 14.0. The molecule has 0 fully saturated rings. The van der Waals surface area contributed by atoms with Crippen molar-refractivity contribution in [3.63, 3.8) is 0 Å². The fourth-order valence-corrected chi connectivity index (χ4v) is 1.66. The van der Waals surface area contributed by atoms with Gasteiger partial charge >= 0.3 is 0 Å². The molecule has 1 aromatic carbocycles. The van der Waals surface area contributed by atoms with Gasteiger partial charge in [0.15, 0.2) is 0 Å². The summed E-state index contributed by atoms with van der Waals surface area (Å²) in [7, 11) is 0. The van der Waals surface area contributed by atoms with Crippen LogP contribution in [-0.2, 0) is 6.54 Å². The lowest BCUT2D eigenvalue weighted by Crippen LogP contribution is -2.24. The van der Waals surface area contributed by atoms with E-state index in [1.54, 1.807) is 18.5 Å². The summed E-state index contributed by atoms with van der Waals surface area (Å²) in [4.78, 5) is 18.5. The highest BCUT2D eigenvalue weighted by molar-refractivity contribution is 9.10. The Labute approximate surface area is 105 Å². The number of hydrogen-bond acceptors (Lipinski definition) is 2. The maximum atomic E-state index is 13.5. The van der Waals surface area contributed by atoms with E-state index in [-0.39, 0.29) is 12.1 Å². The average Bonchev–Trinajstić information content (AvgIpc) is 2.78. The van der Waals surface area contributed by atoms with Crippen LogP contribution in [0.25, 0.3) is 0 Å². The quantitative estimate of drug-likeness (QED) is 0.913. The van der Waals surface area contributed by atoms with Crippen molar-refractivity contribution in [3.8, 4) is 0 Å². The van der Waals surface area contributed by atoms with Crippen LogP contribution in [-0.4, -0.2) is 15.9 Å². The van der Waals surface area contributed by atoms with Gasteiger partial charge in [-0.2, -0.15) is 0 Å². The minimum absolute atomic E-state index is 0.0137. The normalized spacial score (nSPS) is 10.2. The molecule has 4 nitrogen and oxygen atoms in total. The Morgan fingerprint density at radius 2 is 2.35 bits per heavy atom. The monoisotopic (exact) mass is 297 g/mol. The average molecular weight is 298 g/mol. The molecule has 88 valence electrons. The SMILES string of the molecule is O=C(NCc1ncc[nH]1)c1ccc(Br)cc1F. The molecule has 2 N–H and O–H groups in total. The summed E-state index contributed by atoms with van der Waals surface area (Å²) >= 11 is 3.13. The minimum Gasteiger partial charge on any atom is -0.347 e. The van der Waals surface area contributed by atoms with Crippen LogP contribution in [0.4, 0.5) is 4.39 Å². The van der Waals surface area contributed by atoms with Gasteiger partial charge in [0, 0.05) is 16.9 Å². The topological polar surface area (TPSA) is 57.8 Å². The third-order valence-electron chi connectivity index (χ3n) is 2.15. The van der Waals surface area contributed by atoms with Crippen LogP contribution in [0.5, 0.6) is 0 Å². The van der Waals surface area contributed by atoms with Gasteiger partial charge in [0.05, 0.1) is 12.1 Å². The van der Waals surface area contributed by atoms with Gasteiger partial charge in [0.2, 0.25) is 0 Å². The first-order valence-corrected chi connectivity index (χ1v) is 5.67. The van der Waals surface area contributed by atoms with Crippen LogP contribution in [0.3, 0.4) is 0 Å². The molecule has 0 aliphatic rings. The van der Waals surface area contributed by atoms with E-state index in [2.05, 4.69) is 31.2 Å². The minimum atomic E-state index is -0.559. The molecule has 1 amide bonds. The summed E-state index contributed by atoms with van der Waals surface area (Å²) in [5.41, 5.74) is 0.0137. The number of rotatable bonds is 3. The molecule has 1 aromatic heterocycles. The zero-order chi connectivity index (χ0) is 12.3. The molecule has 2 rings (SSSR count). The number of aromatic amines is 1. The maximum absolute atomic E-state index is 13.5. The number of halogens is 2. The molecule has 0 spiro atoms. The molecule has 1 heterocycles. The molecule has 17 heavy (non-hydrogen) atoms. The van der Waals surface area contributed by atoms with Crippen LogP contribution in [0, 0.1) is 5.82 Å². The highest BCUT2D eigenvalue weighted by Crippen LogP contribution is 2.15. The number of carbonyl (C=O) groups is 1. The molecule has 0 unspecified atom stereocenters. The van der Waals surface area contributed by atoms with Crippen molar-refractivity contribution >= 4 is 21.8 Å². The molecular formula is C11H9BrFN3O. The van der Waals surface area contributed by atoms with E-state index in [1.807, 2.05) is 0 Å². The summed E-state index contributed by atoms with van der Waals surface area (Å²) in [5, 5.41) is 2.57. The number of nitrogens with one attached hydrogen (secondary N) is 2. The maximum Gasteiger partial charge on any atom is 0.254 e. The zero-order valence-electron chi connectivity index (χ0n) is 8.71. The van der Waals surface area contributed by atoms with E-state index in [4.69, 9.17) is 0 Å². The molecule has 0 aliphatic carbocycles. The first kappa shape index (κ1) is 11.8. The second kappa shape index (κ2) is 5.09. The summed E-state index contributed by atoms with van der Waals surface area (Å²) in [6, 6.07) is 4.30. The largest absolute Gasteiger partial charge is 0.347 e. The van der Waals surface area contributed by atoms with Crippen LogP contribution in [0.1, 0.15) is 16.2 Å². The number of benzene rings is 1. The second-order valence-corrected chi connectivity index (χ2v) is 4.26. The molecule has 0 radical (unpaired) electrons. The summed E-state index contributed by atoms with van der Waals surface area (Å²) in [5.74, 6) is -0.404. The lowest BCUT2D eigenvalue weighted by molar-refractivity contribution is 0.0946. The fraction of sp³-hybridized carbons (Fsp3) is 0.0909. The number of imidazole rings is 1. The van der Waals surface area contributed by atoms with E-state index < -0.39 is 11.7 Å². The third-order valence-corrected chi connectivity index (χ3v) is 2.64. The molecule has 0 saturated heterocycles. The highest BCUT2D eigenvalue weighted by Gasteiger charge is 2.11. The first-order valence-electron chi connectivity index (χ1n) is 4.88. The van der Waals surface area contributed by atoms with Gasteiger partial charge in [-0.1, -0.05) is 15.9 Å². The Bertz CT molecular complexity index is 528. The Morgan fingerprint density at radius 1 is 1.53 bits per heavy atom. The highest BCUT2D eigenvalue weighted by atomic mass is 79.9. The molecule has 2 aromatic rings. The van der Waals surface area contributed by atoms with Crippen LogP contribution >= 0.6 is 15.9 Å². The Balaban J connectivity index is 2.04. The second-order valence-electron chi connectivity index (χ2n) is 3.34. The lowest BCUT2D eigenvalue weighted by Gasteiger charge is -2.04. The fourth-order valence-electron chi connectivity index (χ4n) is 1.33. The standard InChI is InChI=1S/C11H9BrFN3O/c12-7-1-2-8(9(13)5-7)11(17)16-6-10-14-3-4-15-10/h1-5H,6H2,(H,14,15)(H,16,17). The Kier molecular flexibility index (Phi) is 3.53. The van der Waals surface area contributed by atoms with E-state index in [0.717, 1.165) is 0 Å². The Morgan fingerprint density at radius 3 is 3.00 bits per heavy atom. The predicted octanol–water partition coefficient (Wildman–Crippen LogP) is 2.24. The number of nitrogens with zero attached hydrogens (tertiary/aromatic N) is 1. The molecule has 0 saturated carbocycles. The zero-order valence-corrected chi connectivity index (χ0v) is 10.3. The Hall–Kier alpha value is -1.69. The third kappa shape index (κ3) is 2.91. The lowest BCUT2D eigenvalue weighted by atomic mass is 10.2. The molecular weight excluding hydrogens is 289 g/mol. The van der Waals surface area contributed by atoms with E-state index in [9.17, 15) is 9.18 Å². The van der Waals surface area contributed by atoms with Gasteiger partial charge < -0.3 is 10.3 Å². The predicted molar refractivity (Wildman–Crippen MR) is 63.9 cm³/mol. The van der Waals surface area contributed by atoms with Crippen molar-refractivity contribution in [3.05, 3.63) is 52.3 Å². The number of carbonyl (C=O) groups excluding carboxylic acids is 1. The van der Waals surface area contributed by atoms with Crippen molar-refractivity contribution in [1.29, 1.82) is 0 Å². The van der Waals surface area contributed by atoms with E-state index in [1.165, 1.54) is 12.1 Å². The van der Waals surface area contributed by atoms with Crippen molar-refractivity contribution in [1.82, 2.24) is 15.3 Å². The molecule has 6 heteroatoms. The number of hydrogen-bond donors (Lipinski definition) is 2. The van der Waals surface area contributed by atoms with Crippen LogP contribution in [0.15, 0.2) is 35.1 Å². The number of H-pyrrole nitrogens is 1. The van der Waals surface area contributed by atoms with Crippen molar-refractivity contribution < 1.29 is 9.18 Å². The molecule has 0 aliphatic heterocycles. The van der Waals surface area contributed by atoms with Crippen molar-refractivity contribution in [2.45, 2.75) is 6.54 Å². The number of amides is 1. The van der Waals surface area contributed by atoms with Gasteiger partial charge in [-0.25, -0.2) is 9.37 Å². The van der Waals surface area contributed by atoms with Gasteiger partial charge in [0.1, 0.15) is 11.6 Å². The molecule has 0 atom stereocenters. The van der Waals surface area contributed by atoms with Crippen molar-refractivity contribution in [2.75, 3.05) is 0 Å². The number of aromatic nitrogens is 2. The van der Waals surface area contributed by atoms with E-state index in [0.29, 0.717) is 10.3 Å². The summed E-state index contributed by atoms with van der Waals surface area (Å²) in [6.07, 6.45) is 3.24. The van der Waals surface area contributed by atoms with Gasteiger partial charge in [0.25, 0.3) is 5.91 Å². The van der Waals surface area contributed by atoms with Gasteiger partial charge in [-0.05, 0) is 18.2 Å². The van der Waals surface area contributed by atoms with Crippen molar-refractivity contribution in [2.24, 2.45) is 0 Å².